The zero-order valence-corrected chi connectivity index (χ0v) is 14.6. The number of carbonyl (C=O) groups is 2. The molecule has 0 radical (unpaired) electrons. The van der Waals surface area contributed by atoms with Crippen molar-refractivity contribution in [3.05, 3.63) is 24.3 Å². The molecule has 9 heteroatoms. The molecule has 2 amide bonds. The smallest absolute Gasteiger partial charge is 0.241 e. The molecule has 8 nitrogen and oxygen atoms in total. The van der Waals surface area contributed by atoms with E-state index in [0.29, 0.717) is 25.3 Å². The fourth-order valence-corrected chi connectivity index (χ4v) is 2.41. The first-order valence-electron chi connectivity index (χ1n) is 7.37. The third-order valence-electron chi connectivity index (χ3n) is 3.21. The number of nitrogens with zero attached hydrogens (tertiary/aromatic N) is 1. The van der Waals surface area contributed by atoms with Crippen LogP contribution >= 0.6 is 0 Å². The molecule has 1 aromatic carbocycles. The number of benzene rings is 1. The van der Waals surface area contributed by atoms with Crippen LogP contribution < -0.4 is 15.8 Å². The average Bonchev–Trinajstić information content (AvgIpc) is 2.55. The number of amides is 2. The molecule has 0 spiro atoms. The maximum atomic E-state index is 11.7. The lowest BCUT2D eigenvalue weighted by atomic mass is 10.3. The monoisotopic (exact) mass is 357 g/mol. The van der Waals surface area contributed by atoms with Crippen molar-refractivity contribution in [2.75, 3.05) is 39.5 Å². The van der Waals surface area contributed by atoms with Crippen molar-refractivity contribution >= 4 is 21.7 Å². The van der Waals surface area contributed by atoms with Crippen LogP contribution in [0.1, 0.15) is 6.42 Å². The summed E-state index contributed by atoms with van der Waals surface area (Å²) >= 11 is 0. The van der Waals surface area contributed by atoms with E-state index in [1.807, 2.05) is 0 Å². The minimum atomic E-state index is -3.22. The number of carbonyl (C=O) groups excluding carboxylic acids is 2. The van der Waals surface area contributed by atoms with Crippen molar-refractivity contribution in [1.29, 1.82) is 0 Å². The van der Waals surface area contributed by atoms with Gasteiger partial charge in [0.15, 0.2) is 9.84 Å². The van der Waals surface area contributed by atoms with E-state index in [2.05, 4.69) is 5.32 Å². The van der Waals surface area contributed by atoms with Gasteiger partial charge < -0.3 is 20.7 Å². The number of nitrogens with two attached hydrogens (primary N) is 1. The van der Waals surface area contributed by atoms with E-state index in [4.69, 9.17) is 10.5 Å². The van der Waals surface area contributed by atoms with Crippen LogP contribution in [-0.2, 0) is 19.4 Å². The second kappa shape index (κ2) is 9.24. The predicted molar refractivity (Wildman–Crippen MR) is 89.4 cm³/mol. The molecule has 1 aromatic rings. The van der Waals surface area contributed by atoms with Gasteiger partial charge in [0.2, 0.25) is 11.8 Å². The van der Waals surface area contributed by atoms with Crippen molar-refractivity contribution in [3.63, 3.8) is 0 Å². The van der Waals surface area contributed by atoms with Crippen molar-refractivity contribution in [2.24, 2.45) is 5.73 Å². The topological polar surface area (TPSA) is 119 Å². The first-order valence-corrected chi connectivity index (χ1v) is 9.27. The Morgan fingerprint density at radius 1 is 1.25 bits per heavy atom. The molecule has 24 heavy (non-hydrogen) atoms. The molecule has 0 atom stereocenters. The summed E-state index contributed by atoms with van der Waals surface area (Å²) < 4.78 is 28.2. The van der Waals surface area contributed by atoms with Crippen LogP contribution in [0.15, 0.2) is 29.2 Å². The van der Waals surface area contributed by atoms with Gasteiger partial charge >= 0.3 is 0 Å². The van der Waals surface area contributed by atoms with E-state index < -0.39 is 9.84 Å². The van der Waals surface area contributed by atoms with Gasteiger partial charge in [-0.25, -0.2) is 8.42 Å². The molecule has 0 saturated carbocycles. The summed E-state index contributed by atoms with van der Waals surface area (Å²) in [6.45, 7) is 0.618. The highest BCUT2D eigenvalue weighted by molar-refractivity contribution is 7.90. The molecular formula is C15H23N3O5S. The number of nitrogens with one attached hydrogen (secondary N) is 1. The van der Waals surface area contributed by atoms with E-state index >= 15 is 0 Å². The van der Waals surface area contributed by atoms with Crippen molar-refractivity contribution in [1.82, 2.24) is 10.2 Å². The van der Waals surface area contributed by atoms with Crippen molar-refractivity contribution < 1.29 is 22.7 Å². The molecule has 0 aliphatic carbocycles. The van der Waals surface area contributed by atoms with Crippen LogP contribution in [0.25, 0.3) is 0 Å². The summed E-state index contributed by atoms with van der Waals surface area (Å²) in [7, 11) is -1.58. The Bertz CT molecular complexity index is 658. The Labute approximate surface area is 141 Å². The SMILES string of the molecule is CN(CCCOc1ccc(S(C)(=O)=O)cc1)C(=O)CNC(=O)CN. The fourth-order valence-electron chi connectivity index (χ4n) is 1.78. The average molecular weight is 357 g/mol. The second-order valence-corrected chi connectivity index (χ2v) is 7.26. The van der Waals surface area contributed by atoms with Gasteiger partial charge in [-0.2, -0.15) is 0 Å². The van der Waals surface area contributed by atoms with E-state index in [1.54, 1.807) is 19.2 Å². The number of ether oxygens (including phenoxy) is 1. The van der Waals surface area contributed by atoms with E-state index in [1.165, 1.54) is 17.0 Å². The Kier molecular flexibility index (Phi) is 7.66. The van der Waals surface area contributed by atoms with Gasteiger partial charge in [0.1, 0.15) is 5.75 Å². The van der Waals surface area contributed by atoms with Crippen LogP contribution in [0.2, 0.25) is 0 Å². The molecule has 0 aliphatic heterocycles. The lowest BCUT2D eigenvalue weighted by Gasteiger charge is -2.17. The standard InChI is InChI=1S/C15H23N3O5S/c1-18(15(20)11-17-14(19)10-16)8-3-9-23-12-4-6-13(7-5-12)24(2,21)22/h4-7H,3,8-11,16H2,1-2H3,(H,17,19). The molecular weight excluding hydrogens is 334 g/mol. The highest BCUT2D eigenvalue weighted by atomic mass is 32.2. The van der Waals surface area contributed by atoms with Crippen LogP contribution in [0.4, 0.5) is 0 Å². The van der Waals surface area contributed by atoms with E-state index in [9.17, 15) is 18.0 Å². The molecule has 0 saturated heterocycles. The number of hydrogen-bond donors (Lipinski definition) is 2. The molecule has 134 valence electrons. The third kappa shape index (κ3) is 6.97. The fraction of sp³-hybridized carbons (Fsp3) is 0.467. The number of rotatable bonds is 9. The van der Waals surface area contributed by atoms with Gasteiger partial charge in [-0.1, -0.05) is 0 Å². The van der Waals surface area contributed by atoms with Crippen LogP contribution in [0.3, 0.4) is 0 Å². The molecule has 0 heterocycles. The Morgan fingerprint density at radius 2 is 1.88 bits per heavy atom. The van der Waals surface area contributed by atoms with E-state index in [0.717, 1.165) is 6.26 Å². The Balaban J connectivity index is 2.30. The minimum absolute atomic E-state index is 0.0830. The minimum Gasteiger partial charge on any atom is -0.494 e. The summed E-state index contributed by atoms with van der Waals surface area (Å²) in [5, 5.41) is 2.41. The lowest BCUT2D eigenvalue weighted by Crippen LogP contribution is -2.40. The Hall–Kier alpha value is -2.13. The maximum Gasteiger partial charge on any atom is 0.241 e. The van der Waals surface area contributed by atoms with Crippen LogP contribution in [0.5, 0.6) is 5.75 Å². The largest absolute Gasteiger partial charge is 0.494 e. The maximum absolute atomic E-state index is 11.7. The molecule has 0 aromatic heterocycles. The summed E-state index contributed by atoms with van der Waals surface area (Å²) in [5.41, 5.74) is 5.13. The molecule has 3 N–H and O–H groups in total. The van der Waals surface area contributed by atoms with Crippen molar-refractivity contribution in [3.8, 4) is 5.75 Å². The summed E-state index contributed by atoms with van der Waals surface area (Å²) in [6, 6.07) is 6.15. The molecule has 0 fully saturated rings. The second-order valence-electron chi connectivity index (χ2n) is 5.24. The number of sulfone groups is 1. The summed E-state index contributed by atoms with van der Waals surface area (Å²) in [5.74, 6) is -0.0292. The van der Waals surface area contributed by atoms with Gasteiger partial charge in [-0.3, -0.25) is 9.59 Å². The first kappa shape index (κ1) is 19.9. The summed E-state index contributed by atoms with van der Waals surface area (Å²) in [6.07, 6.45) is 1.74. The first-order chi connectivity index (χ1) is 11.2. The zero-order valence-electron chi connectivity index (χ0n) is 13.8. The molecule has 0 unspecified atom stereocenters. The predicted octanol–water partition coefficient (Wildman–Crippen LogP) is -0.608. The normalized spacial score (nSPS) is 11.0. The number of hydrogen-bond acceptors (Lipinski definition) is 6. The van der Waals surface area contributed by atoms with Gasteiger partial charge in [-0.05, 0) is 30.7 Å². The van der Waals surface area contributed by atoms with Crippen LogP contribution in [0, 0.1) is 0 Å². The molecule has 0 bridgehead atoms. The Morgan fingerprint density at radius 3 is 2.42 bits per heavy atom. The number of likely N-dealkylation sites (N-methyl/N-ethyl adjacent to an activating group) is 1. The molecule has 1 rings (SSSR count). The highest BCUT2D eigenvalue weighted by Gasteiger charge is 2.10. The summed E-state index contributed by atoms with van der Waals surface area (Å²) in [4.78, 5) is 24.4. The van der Waals surface area contributed by atoms with Gasteiger partial charge in [0.25, 0.3) is 0 Å². The van der Waals surface area contributed by atoms with Crippen molar-refractivity contribution in [2.45, 2.75) is 11.3 Å². The third-order valence-corrected chi connectivity index (χ3v) is 4.33. The molecule has 0 aliphatic rings. The van der Waals surface area contributed by atoms with Gasteiger partial charge in [0.05, 0.1) is 24.6 Å². The van der Waals surface area contributed by atoms with Gasteiger partial charge in [-0.15, -0.1) is 0 Å². The highest BCUT2D eigenvalue weighted by Crippen LogP contribution is 2.15. The lowest BCUT2D eigenvalue weighted by molar-refractivity contribution is -0.131. The van der Waals surface area contributed by atoms with E-state index in [-0.39, 0.29) is 29.8 Å². The quantitative estimate of drug-likeness (QED) is 0.569. The zero-order chi connectivity index (χ0) is 18.2. The van der Waals surface area contributed by atoms with Gasteiger partial charge in [0, 0.05) is 19.8 Å². The van der Waals surface area contributed by atoms with Crippen LogP contribution in [-0.4, -0.2) is 64.7 Å².